The van der Waals surface area contributed by atoms with E-state index in [1.807, 2.05) is 54.6 Å². The number of halogens is 3. The van der Waals surface area contributed by atoms with Gasteiger partial charge in [-0.05, 0) is 58.2 Å². The predicted octanol–water partition coefficient (Wildman–Crippen LogP) is 7.08. The molecular formula is C34H40F3N3O4. The molecule has 236 valence electrons. The molecule has 3 aromatic carbocycles. The molecule has 10 heteroatoms. The molecule has 3 rings (SSSR count). The third-order valence-electron chi connectivity index (χ3n) is 7.10. The number of hydrazone groups is 1. The van der Waals surface area contributed by atoms with Crippen LogP contribution in [0.2, 0.25) is 0 Å². The van der Waals surface area contributed by atoms with Crippen molar-refractivity contribution >= 4 is 18.2 Å². The first-order chi connectivity index (χ1) is 20.7. The molecular weight excluding hydrogens is 571 g/mol. The maximum Gasteiger partial charge on any atom is 0.406 e. The highest BCUT2D eigenvalue weighted by Crippen LogP contribution is 2.28. The number of methoxy groups -OCH3 is 1. The molecule has 0 unspecified atom stereocenters. The Labute approximate surface area is 256 Å². The molecule has 44 heavy (non-hydrogen) atoms. The van der Waals surface area contributed by atoms with Crippen molar-refractivity contribution < 1.29 is 32.6 Å². The summed E-state index contributed by atoms with van der Waals surface area (Å²) in [5.41, 5.74) is 5.38. The van der Waals surface area contributed by atoms with Crippen molar-refractivity contribution in [3.8, 4) is 16.9 Å². The van der Waals surface area contributed by atoms with Crippen LogP contribution in [0, 0.1) is 0 Å². The van der Waals surface area contributed by atoms with Gasteiger partial charge in [-0.15, -0.1) is 0 Å². The highest BCUT2D eigenvalue weighted by atomic mass is 19.4. The summed E-state index contributed by atoms with van der Waals surface area (Å²) < 4.78 is 45.1. The van der Waals surface area contributed by atoms with E-state index in [0.29, 0.717) is 35.6 Å². The molecule has 1 N–H and O–H groups in total. The molecule has 0 heterocycles. The van der Waals surface area contributed by atoms with Gasteiger partial charge in [0.1, 0.15) is 18.1 Å². The van der Waals surface area contributed by atoms with E-state index in [0.717, 1.165) is 22.3 Å². The molecule has 0 aliphatic carbocycles. The molecule has 7 nitrogen and oxygen atoms in total. The Bertz CT molecular complexity index is 1430. The molecule has 3 aromatic rings. The van der Waals surface area contributed by atoms with Crippen LogP contribution < -0.4 is 4.74 Å². The lowest BCUT2D eigenvalue weighted by Gasteiger charge is -2.24. The fourth-order valence-corrected chi connectivity index (χ4v) is 4.81. The zero-order chi connectivity index (χ0) is 32.5. The van der Waals surface area contributed by atoms with Crippen molar-refractivity contribution in [2.75, 3.05) is 20.7 Å². The number of aliphatic carboxylic acids is 1. The number of carbonyl (C=O) groups is 2. The van der Waals surface area contributed by atoms with E-state index in [1.54, 1.807) is 24.2 Å². The number of benzene rings is 3. The van der Waals surface area contributed by atoms with Gasteiger partial charge in [-0.2, -0.15) is 18.3 Å². The summed E-state index contributed by atoms with van der Waals surface area (Å²) in [4.78, 5) is 23.6. The Balaban J connectivity index is 1.71. The van der Waals surface area contributed by atoms with E-state index in [9.17, 15) is 27.9 Å². The van der Waals surface area contributed by atoms with Crippen LogP contribution in [-0.2, 0) is 34.4 Å². The van der Waals surface area contributed by atoms with Crippen molar-refractivity contribution in [2.45, 2.75) is 64.6 Å². The van der Waals surface area contributed by atoms with Gasteiger partial charge in [-0.1, -0.05) is 75.4 Å². The number of alkyl halides is 3. The first-order valence-electron chi connectivity index (χ1n) is 14.3. The molecule has 0 atom stereocenters. The highest BCUT2D eigenvalue weighted by Gasteiger charge is 2.32. The van der Waals surface area contributed by atoms with E-state index >= 15 is 0 Å². The first-order valence-corrected chi connectivity index (χ1v) is 14.3. The van der Waals surface area contributed by atoms with E-state index in [1.165, 1.54) is 12.7 Å². The monoisotopic (exact) mass is 611 g/mol. The molecule has 0 aromatic heterocycles. The minimum Gasteiger partial charge on any atom is -0.496 e. The molecule has 1 amide bonds. The number of hydrogen-bond acceptors (Lipinski definition) is 5. The number of carbonyl (C=O) groups excluding carboxylic acids is 1. The molecule has 0 aliphatic heterocycles. The normalized spacial score (nSPS) is 12.1. The van der Waals surface area contributed by atoms with Crippen LogP contribution in [0.5, 0.6) is 5.75 Å². The van der Waals surface area contributed by atoms with Gasteiger partial charge in [0.15, 0.2) is 0 Å². The largest absolute Gasteiger partial charge is 0.496 e. The zero-order valence-corrected chi connectivity index (χ0v) is 25.8. The summed E-state index contributed by atoms with van der Waals surface area (Å²) in [7, 11) is 3.17. The highest BCUT2D eigenvalue weighted by molar-refractivity contribution is 5.90. The first kappa shape index (κ1) is 34.2. The summed E-state index contributed by atoms with van der Waals surface area (Å²) in [6, 6.07) is 21.1. The smallest absolute Gasteiger partial charge is 0.406 e. The third kappa shape index (κ3) is 10.4. The number of hydrogen-bond donors (Lipinski definition) is 1. The average Bonchev–Trinajstić information content (AvgIpc) is 2.95. The van der Waals surface area contributed by atoms with Crippen LogP contribution in [0.25, 0.3) is 11.1 Å². The maximum absolute atomic E-state index is 13.3. The number of carboxylic acid groups (broad SMARTS) is 1. The number of amides is 1. The van der Waals surface area contributed by atoms with Crippen molar-refractivity contribution in [1.29, 1.82) is 0 Å². The van der Waals surface area contributed by atoms with Crippen LogP contribution in [-0.4, -0.2) is 60.1 Å². The van der Waals surface area contributed by atoms with Gasteiger partial charge >= 0.3 is 12.1 Å². The van der Waals surface area contributed by atoms with Gasteiger partial charge in [0.05, 0.1) is 20.1 Å². The molecule has 0 aliphatic rings. The summed E-state index contributed by atoms with van der Waals surface area (Å²) in [5, 5.41) is 15.2. The van der Waals surface area contributed by atoms with Gasteiger partial charge in [-0.3, -0.25) is 19.5 Å². The van der Waals surface area contributed by atoms with Crippen molar-refractivity contribution in [3.63, 3.8) is 0 Å². The SMILES string of the molecule is COc1ccc(-c2ccc(CCC/C(=N/N(C)Cc3ccc(C(C)(C)C)cc3)N(C=O)CC(F)(F)F)cc2)cc1CC(=O)O. The fraction of sp³-hybridized carbons (Fsp3) is 0.382. The topological polar surface area (TPSA) is 82.4 Å². The average molecular weight is 612 g/mol. The second-order valence-electron chi connectivity index (χ2n) is 11.8. The Morgan fingerprint density at radius 2 is 1.57 bits per heavy atom. The number of carboxylic acids is 1. The van der Waals surface area contributed by atoms with E-state index in [4.69, 9.17) is 4.74 Å². The molecule has 0 bridgehead atoms. The lowest BCUT2D eigenvalue weighted by Crippen LogP contribution is -2.39. The standard InChI is InChI=1S/C34H40F3N3O4/c1-33(2,3)29-16-11-25(12-17-29)21-39(4)38-31(40(23-41)22-34(35,36)37)8-6-7-24-9-13-26(14-10-24)27-15-18-30(44-5)28(19-27)20-32(42)43/h9-19,23H,6-8,20-22H2,1-5H3,(H,42,43)/b38-31-. The van der Waals surface area contributed by atoms with Gasteiger partial charge in [-0.25, -0.2) is 0 Å². The Morgan fingerprint density at radius 1 is 0.955 bits per heavy atom. The number of rotatable bonds is 13. The fourth-order valence-electron chi connectivity index (χ4n) is 4.81. The van der Waals surface area contributed by atoms with Crippen LogP contribution in [0.15, 0.2) is 71.8 Å². The molecule has 0 saturated heterocycles. The summed E-state index contributed by atoms with van der Waals surface area (Å²) in [5.74, 6) is -0.404. The number of nitrogens with zero attached hydrogens (tertiary/aromatic N) is 3. The Hall–Kier alpha value is -4.34. The van der Waals surface area contributed by atoms with Crippen LogP contribution >= 0.6 is 0 Å². The molecule has 0 fully saturated rings. The van der Waals surface area contributed by atoms with E-state index in [-0.39, 0.29) is 30.5 Å². The van der Waals surface area contributed by atoms with Gasteiger partial charge in [0, 0.05) is 19.0 Å². The van der Waals surface area contributed by atoms with Crippen molar-refractivity contribution in [2.24, 2.45) is 5.10 Å². The van der Waals surface area contributed by atoms with Gasteiger partial charge in [0.2, 0.25) is 6.41 Å². The van der Waals surface area contributed by atoms with Gasteiger partial charge < -0.3 is 9.84 Å². The minimum absolute atomic E-state index is 0.000700. The lowest BCUT2D eigenvalue weighted by atomic mass is 9.87. The van der Waals surface area contributed by atoms with Crippen LogP contribution in [0.1, 0.15) is 55.9 Å². The predicted molar refractivity (Wildman–Crippen MR) is 166 cm³/mol. The second-order valence-corrected chi connectivity index (χ2v) is 11.8. The quantitative estimate of drug-likeness (QED) is 0.0967. The van der Waals surface area contributed by atoms with Gasteiger partial charge in [0.25, 0.3) is 0 Å². The summed E-state index contributed by atoms with van der Waals surface area (Å²) in [6.07, 6.45) is -3.35. The van der Waals surface area contributed by atoms with E-state index in [2.05, 4.69) is 25.9 Å². The third-order valence-corrected chi connectivity index (χ3v) is 7.10. The Morgan fingerprint density at radius 3 is 2.11 bits per heavy atom. The maximum atomic E-state index is 13.3. The molecule has 0 spiro atoms. The van der Waals surface area contributed by atoms with E-state index < -0.39 is 18.7 Å². The summed E-state index contributed by atoms with van der Waals surface area (Å²) in [6.45, 7) is 5.31. The zero-order valence-electron chi connectivity index (χ0n) is 25.8. The molecule has 0 radical (unpaired) electrons. The van der Waals surface area contributed by atoms with Crippen LogP contribution in [0.3, 0.4) is 0 Å². The number of amidine groups is 1. The number of aryl methyl sites for hydroxylation is 1. The van der Waals surface area contributed by atoms with Crippen molar-refractivity contribution in [3.05, 3.63) is 89.0 Å². The minimum atomic E-state index is -4.56. The molecule has 0 saturated carbocycles. The number of ether oxygens (including phenoxy) is 1. The second kappa shape index (κ2) is 14.9. The lowest BCUT2D eigenvalue weighted by molar-refractivity contribution is -0.146. The van der Waals surface area contributed by atoms with Crippen LogP contribution in [0.4, 0.5) is 13.2 Å². The summed E-state index contributed by atoms with van der Waals surface area (Å²) >= 11 is 0. The Kier molecular flexibility index (Phi) is 11.6. The van der Waals surface area contributed by atoms with Crippen molar-refractivity contribution in [1.82, 2.24) is 9.91 Å².